The van der Waals surface area contributed by atoms with Crippen molar-refractivity contribution in [1.82, 2.24) is 19.8 Å². The number of benzene rings is 2. The molecule has 0 amide bonds. The van der Waals surface area contributed by atoms with Gasteiger partial charge in [-0.25, -0.2) is 4.98 Å². The molecule has 0 spiro atoms. The number of ether oxygens (including phenoxy) is 1. The molecule has 0 radical (unpaired) electrons. The van der Waals surface area contributed by atoms with Gasteiger partial charge < -0.3 is 19.5 Å². The number of rotatable bonds is 8. The zero-order chi connectivity index (χ0) is 23.4. The Morgan fingerprint density at radius 1 is 1.18 bits per heavy atom. The topological polar surface area (TPSA) is 103 Å². The van der Waals surface area contributed by atoms with E-state index in [4.69, 9.17) is 4.74 Å². The van der Waals surface area contributed by atoms with Crippen molar-refractivity contribution in [3.8, 4) is 5.75 Å². The molecule has 9 heteroatoms. The van der Waals surface area contributed by atoms with Crippen molar-refractivity contribution in [2.24, 2.45) is 0 Å². The van der Waals surface area contributed by atoms with Gasteiger partial charge in [0.2, 0.25) is 0 Å². The highest BCUT2D eigenvalue weighted by molar-refractivity contribution is 5.76. The Labute approximate surface area is 192 Å². The number of hydrogen-bond donors (Lipinski definition) is 1. The first-order valence-corrected chi connectivity index (χ1v) is 11.2. The zero-order valence-electron chi connectivity index (χ0n) is 19.0. The third-order valence-corrected chi connectivity index (χ3v) is 6.33. The van der Waals surface area contributed by atoms with Gasteiger partial charge in [-0.1, -0.05) is 6.07 Å². The summed E-state index contributed by atoms with van der Waals surface area (Å²) in [5, 5.41) is 14.6. The number of likely N-dealkylation sites (tertiary alicyclic amines) is 1. The SMILES string of the molecule is COc1ccc2ncc(=O)n(CCN3CCC(NCc4ccc([N+](=O)[O-])c(C)c4)CC3)c2c1. The number of fused-ring (bicyclic) bond motifs is 1. The average Bonchev–Trinajstić information content (AvgIpc) is 2.82. The smallest absolute Gasteiger partial charge is 0.272 e. The van der Waals surface area contributed by atoms with Crippen LogP contribution in [0.15, 0.2) is 47.4 Å². The zero-order valence-corrected chi connectivity index (χ0v) is 19.0. The summed E-state index contributed by atoms with van der Waals surface area (Å²) < 4.78 is 7.08. The molecule has 1 saturated heterocycles. The van der Waals surface area contributed by atoms with Crippen LogP contribution in [0.25, 0.3) is 11.0 Å². The Morgan fingerprint density at radius 2 is 1.97 bits per heavy atom. The van der Waals surface area contributed by atoms with E-state index < -0.39 is 0 Å². The van der Waals surface area contributed by atoms with Crippen LogP contribution in [-0.2, 0) is 13.1 Å². The van der Waals surface area contributed by atoms with Crippen LogP contribution in [0.2, 0.25) is 0 Å². The Morgan fingerprint density at radius 3 is 2.67 bits per heavy atom. The van der Waals surface area contributed by atoms with Gasteiger partial charge in [0.15, 0.2) is 0 Å². The van der Waals surface area contributed by atoms with E-state index in [1.165, 1.54) is 6.20 Å². The minimum absolute atomic E-state index is 0.106. The summed E-state index contributed by atoms with van der Waals surface area (Å²) in [5.41, 5.74) is 3.36. The molecule has 0 bridgehead atoms. The lowest BCUT2D eigenvalue weighted by atomic mass is 10.0. The molecule has 0 aliphatic carbocycles. The second-order valence-corrected chi connectivity index (χ2v) is 8.48. The van der Waals surface area contributed by atoms with Crippen LogP contribution >= 0.6 is 0 Å². The summed E-state index contributed by atoms with van der Waals surface area (Å²) in [7, 11) is 1.61. The van der Waals surface area contributed by atoms with Crippen molar-refractivity contribution in [3.63, 3.8) is 0 Å². The van der Waals surface area contributed by atoms with E-state index in [0.717, 1.165) is 49.1 Å². The van der Waals surface area contributed by atoms with Gasteiger partial charge in [-0.3, -0.25) is 14.9 Å². The molecule has 3 aromatic rings. The number of piperidine rings is 1. The van der Waals surface area contributed by atoms with Crippen molar-refractivity contribution in [2.45, 2.75) is 38.9 Å². The van der Waals surface area contributed by atoms with Gasteiger partial charge in [-0.15, -0.1) is 0 Å². The summed E-state index contributed by atoms with van der Waals surface area (Å²) in [6.07, 6.45) is 3.42. The standard InChI is InChI=1S/C24H29N5O4/c1-17-13-18(3-6-22(17)29(31)32)15-25-19-7-9-27(10-8-19)11-12-28-23-14-20(33-2)4-5-21(23)26-16-24(28)30/h3-6,13-14,16,19,25H,7-12,15H2,1-2H3. The second kappa shape index (κ2) is 10.1. The van der Waals surface area contributed by atoms with E-state index in [0.29, 0.717) is 30.4 Å². The van der Waals surface area contributed by atoms with Gasteiger partial charge in [0, 0.05) is 43.4 Å². The minimum atomic E-state index is -0.346. The van der Waals surface area contributed by atoms with E-state index in [1.54, 1.807) is 24.7 Å². The maximum absolute atomic E-state index is 12.5. The molecule has 4 rings (SSSR count). The quantitative estimate of drug-likeness (QED) is 0.415. The molecule has 2 aromatic carbocycles. The summed E-state index contributed by atoms with van der Waals surface area (Å²) in [5.74, 6) is 0.707. The first-order valence-electron chi connectivity index (χ1n) is 11.2. The van der Waals surface area contributed by atoms with Gasteiger partial charge in [-0.2, -0.15) is 0 Å². The van der Waals surface area contributed by atoms with Crippen molar-refractivity contribution in [2.75, 3.05) is 26.7 Å². The predicted molar refractivity (Wildman–Crippen MR) is 127 cm³/mol. The van der Waals surface area contributed by atoms with Crippen LogP contribution in [0.4, 0.5) is 5.69 Å². The van der Waals surface area contributed by atoms with Gasteiger partial charge in [0.05, 0.1) is 29.3 Å². The molecule has 1 fully saturated rings. The molecular formula is C24H29N5O4. The average molecular weight is 452 g/mol. The first-order chi connectivity index (χ1) is 15.9. The third kappa shape index (κ3) is 5.37. The van der Waals surface area contributed by atoms with Crippen LogP contribution in [-0.4, -0.2) is 52.2 Å². The highest BCUT2D eigenvalue weighted by Gasteiger charge is 2.19. The lowest BCUT2D eigenvalue weighted by Gasteiger charge is -2.32. The fraction of sp³-hybridized carbons (Fsp3) is 0.417. The highest BCUT2D eigenvalue weighted by Crippen LogP contribution is 2.20. The Hall–Kier alpha value is -3.30. The molecule has 9 nitrogen and oxygen atoms in total. The molecular weight excluding hydrogens is 422 g/mol. The molecule has 1 aromatic heterocycles. The maximum Gasteiger partial charge on any atom is 0.272 e. The first kappa shape index (κ1) is 22.9. The van der Waals surface area contributed by atoms with Crippen LogP contribution in [0.1, 0.15) is 24.0 Å². The molecule has 1 aliphatic rings. The van der Waals surface area contributed by atoms with E-state index in [-0.39, 0.29) is 16.2 Å². The fourth-order valence-corrected chi connectivity index (χ4v) is 4.40. The molecule has 0 atom stereocenters. The summed E-state index contributed by atoms with van der Waals surface area (Å²) in [4.78, 5) is 29.7. The highest BCUT2D eigenvalue weighted by atomic mass is 16.6. The number of methoxy groups -OCH3 is 1. The van der Waals surface area contributed by atoms with Crippen LogP contribution in [0.3, 0.4) is 0 Å². The van der Waals surface area contributed by atoms with Gasteiger partial charge in [0.25, 0.3) is 11.2 Å². The van der Waals surface area contributed by atoms with E-state index >= 15 is 0 Å². The molecule has 33 heavy (non-hydrogen) atoms. The molecule has 0 saturated carbocycles. The molecule has 1 N–H and O–H groups in total. The fourth-order valence-electron chi connectivity index (χ4n) is 4.40. The summed E-state index contributed by atoms with van der Waals surface area (Å²) in [6.45, 7) is 5.78. The van der Waals surface area contributed by atoms with Crippen molar-refractivity contribution >= 4 is 16.7 Å². The predicted octanol–water partition coefficient (Wildman–Crippen LogP) is 2.88. The van der Waals surface area contributed by atoms with Crippen LogP contribution in [0, 0.1) is 17.0 Å². The molecule has 2 heterocycles. The Kier molecular flexibility index (Phi) is 7.00. The van der Waals surface area contributed by atoms with E-state index in [9.17, 15) is 14.9 Å². The van der Waals surface area contributed by atoms with Gasteiger partial charge in [-0.05, 0) is 56.6 Å². The van der Waals surface area contributed by atoms with E-state index in [1.807, 2.05) is 30.3 Å². The molecule has 174 valence electrons. The van der Waals surface area contributed by atoms with Crippen molar-refractivity contribution in [1.29, 1.82) is 0 Å². The monoisotopic (exact) mass is 451 g/mol. The number of aromatic nitrogens is 2. The maximum atomic E-state index is 12.5. The summed E-state index contributed by atoms with van der Waals surface area (Å²) in [6, 6.07) is 11.3. The normalized spacial score (nSPS) is 15.1. The Balaban J connectivity index is 1.30. The number of nitrogens with zero attached hydrogens (tertiary/aromatic N) is 4. The lowest BCUT2D eigenvalue weighted by molar-refractivity contribution is -0.385. The molecule has 0 unspecified atom stereocenters. The second-order valence-electron chi connectivity index (χ2n) is 8.48. The lowest BCUT2D eigenvalue weighted by Crippen LogP contribution is -2.43. The van der Waals surface area contributed by atoms with Crippen molar-refractivity contribution in [3.05, 3.63) is 74.2 Å². The summed E-state index contributed by atoms with van der Waals surface area (Å²) >= 11 is 0. The number of nitrogens with one attached hydrogen (secondary N) is 1. The van der Waals surface area contributed by atoms with Gasteiger partial charge in [0.1, 0.15) is 5.75 Å². The van der Waals surface area contributed by atoms with Crippen molar-refractivity contribution < 1.29 is 9.66 Å². The Bertz CT molecular complexity index is 1200. The van der Waals surface area contributed by atoms with Crippen LogP contribution < -0.4 is 15.6 Å². The number of nitro groups is 1. The number of nitro benzene ring substituents is 1. The number of aryl methyl sites for hydroxylation is 1. The van der Waals surface area contributed by atoms with E-state index in [2.05, 4.69) is 15.2 Å². The largest absolute Gasteiger partial charge is 0.497 e. The minimum Gasteiger partial charge on any atom is -0.497 e. The van der Waals surface area contributed by atoms with Gasteiger partial charge >= 0.3 is 0 Å². The van der Waals surface area contributed by atoms with Crippen LogP contribution in [0.5, 0.6) is 5.75 Å². The number of hydrogen-bond acceptors (Lipinski definition) is 7. The third-order valence-electron chi connectivity index (χ3n) is 6.33. The molecule has 1 aliphatic heterocycles.